The first-order valence-corrected chi connectivity index (χ1v) is 6.78. The van der Waals surface area contributed by atoms with Crippen LogP contribution in [0.15, 0.2) is 18.3 Å². The van der Waals surface area contributed by atoms with Crippen LogP contribution in [0, 0.1) is 0 Å². The number of hydrogen-bond acceptors (Lipinski definition) is 3. The first-order valence-electron chi connectivity index (χ1n) is 6.78. The molecule has 17 heavy (non-hydrogen) atoms. The molecule has 0 atom stereocenters. The van der Waals surface area contributed by atoms with Crippen LogP contribution in [0.5, 0.6) is 0 Å². The van der Waals surface area contributed by atoms with Crippen LogP contribution >= 0.6 is 0 Å². The van der Waals surface area contributed by atoms with Crippen LogP contribution in [-0.4, -0.2) is 24.1 Å². The molecule has 94 valence electrons. The van der Waals surface area contributed by atoms with Crippen LogP contribution in [-0.2, 0) is 6.54 Å². The number of rotatable bonds is 7. The molecule has 1 aliphatic carbocycles. The van der Waals surface area contributed by atoms with Gasteiger partial charge in [-0.15, -0.1) is 0 Å². The van der Waals surface area contributed by atoms with Crippen LogP contribution in [0.1, 0.15) is 38.7 Å². The van der Waals surface area contributed by atoms with Gasteiger partial charge in [0.25, 0.3) is 0 Å². The van der Waals surface area contributed by atoms with E-state index in [0.717, 1.165) is 25.7 Å². The minimum Gasteiger partial charge on any atom is -0.353 e. The fraction of sp³-hybridized carbons (Fsp3) is 0.643. The third kappa shape index (κ3) is 3.19. The number of nitrogens with one attached hydrogen (secondary N) is 1. The fourth-order valence-corrected chi connectivity index (χ4v) is 2.18. The number of anilines is 1. The molecule has 1 aromatic rings. The van der Waals surface area contributed by atoms with Gasteiger partial charge in [-0.1, -0.05) is 19.9 Å². The second-order valence-corrected chi connectivity index (χ2v) is 4.69. The zero-order chi connectivity index (χ0) is 12.1. The van der Waals surface area contributed by atoms with Crippen molar-refractivity contribution in [3.05, 3.63) is 23.9 Å². The van der Waals surface area contributed by atoms with Gasteiger partial charge in [0.1, 0.15) is 5.82 Å². The number of pyridine rings is 1. The zero-order valence-electron chi connectivity index (χ0n) is 10.9. The molecule has 1 N–H and O–H groups in total. The van der Waals surface area contributed by atoms with Gasteiger partial charge in [0.2, 0.25) is 0 Å². The Balaban J connectivity index is 2.15. The minimum atomic E-state index is 0.741. The molecular weight excluding hydrogens is 210 g/mol. The Hall–Kier alpha value is -1.09. The molecule has 1 saturated carbocycles. The standard InChI is InChI=1S/C14H23N3/c1-3-10-17(13-7-8-13)14-12(11-15-4-2)6-5-9-16-14/h5-6,9,13,15H,3-4,7-8,10-11H2,1-2H3. The van der Waals surface area contributed by atoms with Crippen LogP contribution in [0.3, 0.4) is 0 Å². The lowest BCUT2D eigenvalue weighted by Gasteiger charge is -2.25. The largest absolute Gasteiger partial charge is 0.353 e. The first kappa shape index (κ1) is 12.4. The van der Waals surface area contributed by atoms with Gasteiger partial charge in [-0.05, 0) is 31.9 Å². The molecule has 0 amide bonds. The number of aromatic nitrogens is 1. The molecule has 3 heteroatoms. The monoisotopic (exact) mass is 233 g/mol. The zero-order valence-corrected chi connectivity index (χ0v) is 10.9. The van der Waals surface area contributed by atoms with Crippen LogP contribution in [0.2, 0.25) is 0 Å². The molecule has 2 rings (SSSR count). The number of hydrogen-bond donors (Lipinski definition) is 1. The summed E-state index contributed by atoms with van der Waals surface area (Å²) in [4.78, 5) is 7.09. The molecule has 0 aliphatic heterocycles. The van der Waals surface area contributed by atoms with E-state index in [2.05, 4.69) is 35.1 Å². The highest BCUT2D eigenvalue weighted by Gasteiger charge is 2.30. The Labute approximate surface area is 104 Å². The maximum atomic E-state index is 4.60. The summed E-state index contributed by atoms with van der Waals surface area (Å²) in [6, 6.07) is 4.97. The van der Waals surface area contributed by atoms with Gasteiger partial charge < -0.3 is 10.2 Å². The quantitative estimate of drug-likeness (QED) is 0.784. The van der Waals surface area contributed by atoms with Gasteiger partial charge >= 0.3 is 0 Å². The van der Waals surface area contributed by atoms with E-state index in [1.807, 2.05) is 12.3 Å². The maximum Gasteiger partial charge on any atom is 0.133 e. The molecule has 1 heterocycles. The van der Waals surface area contributed by atoms with Crippen molar-refractivity contribution in [2.45, 2.75) is 45.7 Å². The summed E-state index contributed by atoms with van der Waals surface area (Å²) >= 11 is 0. The van der Waals surface area contributed by atoms with Crippen molar-refractivity contribution in [2.24, 2.45) is 0 Å². The fourth-order valence-electron chi connectivity index (χ4n) is 2.18. The predicted molar refractivity (Wildman–Crippen MR) is 72.3 cm³/mol. The summed E-state index contributed by atoms with van der Waals surface area (Å²) in [5, 5.41) is 3.39. The second-order valence-electron chi connectivity index (χ2n) is 4.69. The molecule has 0 aromatic carbocycles. The average Bonchev–Trinajstić information content (AvgIpc) is 3.18. The molecular formula is C14H23N3. The van der Waals surface area contributed by atoms with Gasteiger partial charge in [0.05, 0.1) is 0 Å². The van der Waals surface area contributed by atoms with E-state index < -0.39 is 0 Å². The van der Waals surface area contributed by atoms with E-state index in [4.69, 9.17) is 0 Å². The summed E-state index contributed by atoms with van der Waals surface area (Å²) < 4.78 is 0. The Morgan fingerprint density at radius 1 is 1.41 bits per heavy atom. The highest BCUT2D eigenvalue weighted by molar-refractivity contribution is 5.48. The van der Waals surface area contributed by atoms with Crippen molar-refractivity contribution < 1.29 is 0 Å². The van der Waals surface area contributed by atoms with E-state index in [-0.39, 0.29) is 0 Å². The van der Waals surface area contributed by atoms with Crippen molar-refractivity contribution in [3.63, 3.8) is 0 Å². The Morgan fingerprint density at radius 2 is 2.24 bits per heavy atom. The summed E-state index contributed by atoms with van der Waals surface area (Å²) in [5.74, 6) is 1.19. The van der Waals surface area contributed by atoms with Crippen molar-refractivity contribution in [3.8, 4) is 0 Å². The van der Waals surface area contributed by atoms with Gasteiger partial charge in [-0.25, -0.2) is 4.98 Å². The molecule has 0 saturated heterocycles. The molecule has 0 radical (unpaired) electrons. The van der Waals surface area contributed by atoms with Gasteiger partial charge in [0, 0.05) is 30.9 Å². The van der Waals surface area contributed by atoms with E-state index in [9.17, 15) is 0 Å². The maximum absolute atomic E-state index is 4.60. The Morgan fingerprint density at radius 3 is 2.88 bits per heavy atom. The van der Waals surface area contributed by atoms with Gasteiger partial charge in [-0.3, -0.25) is 0 Å². The summed E-state index contributed by atoms with van der Waals surface area (Å²) in [5.41, 5.74) is 1.33. The van der Waals surface area contributed by atoms with E-state index >= 15 is 0 Å². The predicted octanol–water partition coefficient (Wildman–Crippen LogP) is 2.57. The van der Waals surface area contributed by atoms with Crippen molar-refractivity contribution in [1.29, 1.82) is 0 Å². The van der Waals surface area contributed by atoms with E-state index in [1.54, 1.807) is 0 Å². The van der Waals surface area contributed by atoms with Gasteiger partial charge in [-0.2, -0.15) is 0 Å². The Kier molecular flexibility index (Phi) is 4.37. The molecule has 0 bridgehead atoms. The molecule has 0 spiro atoms. The molecule has 3 nitrogen and oxygen atoms in total. The minimum absolute atomic E-state index is 0.741. The number of nitrogens with zero attached hydrogens (tertiary/aromatic N) is 2. The van der Waals surface area contributed by atoms with Crippen molar-refractivity contribution in [1.82, 2.24) is 10.3 Å². The summed E-state index contributed by atoms with van der Waals surface area (Å²) in [6.07, 6.45) is 5.76. The summed E-state index contributed by atoms with van der Waals surface area (Å²) in [7, 11) is 0. The second kappa shape index (κ2) is 6.01. The highest BCUT2D eigenvalue weighted by atomic mass is 15.2. The lowest BCUT2D eigenvalue weighted by Crippen LogP contribution is -2.29. The van der Waals surface area contributed by atoms with E-state index in [1.165, 1.54) is 30.6 Å². The topological polar surface area (TPSA) is 28.2 Å². The van der Waals surface area contributed by atoms with Crippen molar-refractivity contribution >= 4 is 5.82 Å². The summed E-state index contributed by atoms with van der Waals surface area (Å²) in [6.45, 7) is 7.43. The normalized spacial score (nSPS) is 14.9. The molecule has 0 unspecified atom stereocenters. The van der Waals surface area contributed by atoms with Crippen molar-refractivity contribution in [2.75, 3.05) is 18.0 Å². The average molecular weight is 233 g/mol. The van der Waals surface area contributed by atoms with Crippen LogP contribution < -0.4 is 10.2 Å². The lowest BCUT2D eigenvalue weighted by molar-refractivity contribution is 0.702. The first-order chi connectivity index (χ1) is 8.36. The Bertz CT molecular complexity index is 347. The van der Waals surface area contributed by atoms with Gasteiger partial charge in [0.15, 0.2) is 0 Å². The molecule has 1 aromatic heterocycles. The third-order valence-corrected chi connectivity index (χ3v) is 3.16. The molecule has 1 fully saturated rings. The van der Waals surface area contributed by atoms with Crippen LogP contribution in [0.25, 0.3) is 0 Å². The smallest absolute Gasteiger partial charge is 0.133 e. The highest BCUT2D eigenvalue weighted by Crippen LogP contribution is 2.32. The lowest BCUT2D eigenvalue weighted by atomic mass is 10.2. The molecule has 1 aliphatic rings. The SMILES string of the molecule is CCCN(c1ncccc1CNCC)C1CC1. The third-order valence-electron chi connectivity index (χ3n) is 3.16. The van der Waals surface area contributed by atoms with E-state index in [0.29, 0.717) is 0 Å². The van der Waals surface area contributed by atoms with Crippen LogP contribution in [0.4, 0.5) is 5.82 Å².